The number of likely N-dealkylation sites (tertiary alicyclic amines) is 1. The second-order valence-corrected chi connectivity index (χ2v) is 7.05. The Morgan fingerprint density at radius 3 is 2.64 bits per heavy atom. The van der Waals surface area contributed by atoms with Crippen molar-refractivity contribution in [2.75, 3.05) is 25.0 Å². The van der Waals surface area contributed by atoms with E-state index in [2.05, 4.69) is 10.3 Å². The molecule has 1 amide bonds. The topological polar surface area (TPSA) is 54.5 Å². The lowest BCUT2D eigenvalue weighted by Gasteiger charge is -2.33. The number of nitrogens with zero attached hydrogens (tertiary/aromatic N) is 2. The number of anilines is 1. The number of carbonyl (C=O) groups excluding carboxylic acids is 1. The second-order valence-electron chi connectivity index (χ2n) is 6.66. The summed E-state index contributed by atoms with van der Waals surface area (Å²) in [5.74, 6) is 0.550. The van der Waals surface area contributed by atoms with Crippen LogP contribution in [-0.4, -0.2) is 41.2 Å². The zero-order valence-electron chi connectivity index (χ0n) is 13.4. The van der Waals surface area contributed by atoms with Crippen LogP contribution in [0.1, 0.15) is 33.6 Å². The van der Waals surface area contributed by atoms with Crippen LogP contribution < -0.4 is 5.32 Å². The lowest BCUT2D eigenvalue weighted by molar-refractivity contribution is 0.0188. The third kappa shape index (κ3) is 5.37. The van der Waals surface area contributed by atoms with Gasteiger partial charge >= 0.3 is 6.09 Å². The SMILES string of the molecule is CC(C)(C)OC(=O)N1CCC(CNc2ccc(Cl)nc2)CC1. The Bertz CT molecular complexity index is 491. The van der Waals surface area contributed by atoms with Gasteiger partial charge in [0.2, 0.25) is 0 Å². The van der Waals surface area contributed by atoms with Crippen molar-refractivity contribution >= 4 is 23.4 Å². The van der Waals surface area contributed by atoms with Gasteiger partial charge in [-0.25, -0.2) is 9.78 Å². The van der Waals surface area contributed by atoms with Crippen LogP contribution in [0.25, 0.3) is 0 Å². The number of nitrogens with one attached hydrogen (secondary N) is 1. The van der Waals surface area contributed by atoms with E-state index in [0.717, 1.165) is 38.2 Å². The maximum Gasteiger partial charge on any atom is 0.410 e. The molecule has 0 radical (unpaired) electrons. The molecule has 0 bridgehead atoms. The Balaban J connectivity index is 1.73. The average molecular weight is 326 g/mol. The normalized spacial score (nSPS) is 16.5. The molecule has 0 spiro atoms. The molecule has 1 aliphatic rings. The van der Waals surface area contributed by atoms with Crippen LogP contribution in [-0.2, 0) is 4.74 Å². The van der Waals surface area contributed by atoms with E-state index in [0.29, 0.717) is 11.1 Å². The Morgan fingerprint density at radius 2 is 2.09 bits per heavy atom. The molecular weight excluding hydrogens is 302 g/mol. The van der Waals surface area contributed by atoms with E-state index < -0.39 is 5.60 Å². The maximum atomic E-state index is 12.0. The molecule has 0 atom stereocenters. The summed E-state index contributed by atoms with van der Waals surface area (Å²) in [4.78, 5) is 17.8. The molecule has 1 fully saturated rings. The van der Waals surface area contributed by atoms with Crippen LogP contribution >= 0.6 is 11.6 Å². The summed E-state index contributed by atoms with van der Waals surface area (Å²) in [5, 5.41) is 3.86. The molecule has 1 aliphatic heterocycles. The highest BCUT2D eigenvalue weighted by atomic mass is 35.5. The van der Waals surface area contributed by atoms with Gasteiger partial charge in [0.15, 0.2) is 0 Å². The molecule has 1 aromatic rings. The van der Waals surface area contributed by atoms with Gasteiger partial charge in [-0.15, -0.1) is 0 Å². The second kappa shape index (κ2) is 7.18. The molecule has 2 rings (SSSR count). The number of aromatic nitrogens is 1. The van der Waals surface area contributed by atoms with E-state index in [1.807, 2.05) is 26.8 Å². The van der Waals surface area contributed by atoms with Crippen LogP contribution in [0.5, 0.6) is 0 Å². The van der Waals surface area contributed by atoms with Crippen LogP contribution in [0.3, 0.4) is 0 Å². The summed E-state index contributed by atoms with van der Waals surface area (Å²) in [6, 6.07) is 3.69. The van der Waals surface area contributed by atoms with Gasteiger partial charge in [0.25, 0.3) is 0 Å². The fraction of sp³-hybridized carbons (Fsp3) is 0.625. The molecule has 0 aliphatic carbocycles. The number of amides is 1. The summed E-state index contributed by atoms with van der Waals surface area (Å²) in [6.07, 6.45) is 3.49. The highest BCUT2D eigenvalue weighted by molar-refractivity contribution is 6.29. The molecule has 0 aromatic carbocycles. The minimum absolute atomic E-state index is 0.208. The van der Waals surface area contributed by atoms with Gasteiger partial charge in [-0.3, -0.25) is 0 Å². The monoisotopic (exact) mass is 325 g/mol. The van der Waals surface area contributed by atoms with Gasteiger partial charge in [0, 0.05) is 19.6 Å². The number of ether oxygens (including phenoxy) is 1. The fourth-order valence-electron chi connectivity index (χ4n) is 2.39. The van der Waals surface area contributed by atoms with Crippen molar-refractivity contribution in [2.24, 2.45) is 5.92 Å². The quantitative estimate of drug-likeness (QED) is 0.859. The number of hydrogen-bond acceptors (Lipinski definition) is 4. The van der Waals surface area contributed by atoms with E-state index in [9.17, 15) is 4.79 Å². The minimum Gasteiger partial charge on any atom is -0.444 e. The number of halogens is 1. The average Bonchev–Trinajstić information content (AvgIpc) is 2.45. The van der Waals surface area contributed by atoms with E-state index in [1.165, 1.54) is 0 Å². The third-order valence-electron chi connectivity index (χ3n) is 3.59. The Labute approximate surface area is 137 Å². The molecular formula is C16H24ClN3O2. The van der Waals surface area contributed by atoms with E-state index in [-0.39, 0.29) is 6.09 Å². The van der Waals surface area contributed by atoms with Gasteiger partial charge in [0.1, 0.15) is 10.8 Å². The Morgan fingerprint density at radius 1 is 1.41 bits per heavy atom. The van der Waals surface area contributed by atoms with E-state index in [4.69, 9.17) is 16.3 Å². The molecule has 1 saturated heterocycles. The largest absolute Gasteiger partial charge is 0.444 e. The summed E-state index contributed by atoms with van der Waals surface area (Å²) < 4.78 is 5.40. The van der Waals surface area contributed by atoms with E-state index in [1.54, 1.807) is 17.2 Å². The summed E-state index contributed by atoms with van der Waals surface area (Å²) >= 11 is 5.76. The summed E-state index contributed by atoms with van der Waals surface area (Å²) in [7, 11) is 0. The van der Waals surface area contributed by atoms with E-state index >= 15 is 0 Å². The van der Waals surface area contributed by atoms with Crippen LogP contribution in [0.15, 0.2) is 18.3 Å². The first-order chi connectivity index (χ1) is 10.3. The van der Waals surface area contributed by atoms with Crippen molar-refractivity contribution in [3.8, 4) is 0 Å². The molecule has 2 heterocycles. The summed E-state index contributed by atoms with van der Waals surface area (Å²) in [6.45, 7) is 8.05. The first-order valence-corrected chi connectivity index (χ1v) is 8.04. The number of rotatable bonds is 3. The van der Waals surface area contributed by atoms with Gasteiger partial charge in [-0.1, -0.05) is 11.6 Å². The zero-order valence-corrected chi connectivity index (χ0v) is 14.2. The molecule has 6 heteroatoms. The van der Waals surface area contributed by atoms with Crippen molar-refractivity contribution in [1.82, 2.24) is 9.88 Å². The summed E-state index contributed by atoms with van der Waals surface area (Å²) in [5.41, 5.74) is 0.538. The number of hydrogen-bond donors (Lipinski definition) is 1. The predicted octanol–water partition coefficient (Wildman–Crippen LogP) is 3.79. The smallest absolute Gasteiger partial charge is 0.410 e. The Kier molecular flexibility index (Phi) is 5.51. The van der Waals surface area contributed by atoms with Crippen LogP contribution in [0.4, 0.5) is 10.5 Å². The highest BCUT2D eigenvalue weighted by Gasteiger charge is 2.26. The molecule has 0 unspecified atom stereocenters. The standard InChI is InChI=1S/C16H24ClN3O2/c1-16(2,3)22-15(21)20-8-6-12(7-9-20)10-18-13-4-5-14(17)19-11-13/h4-5,11-12,18H,6-10H2,1-3H3. The molecule has 1 aromatic heterocycles. The lowest BCUT2D eigenvalue weighted by atomic mass is 9.97. The molecule has 0 saturated carbocycles. The number of piperidine rings is 1. The zero-order chi connectivity index (χ0) is 16.2. The molecule has 122 valence electrons. The van der Waals surface area contributed by atoms with Crippen molar-refractivity contribution in [1.29, 1.82) is 0 Å². The lowest BCUT2D eigenvalue weighted by Crippen LogP contribution is -2.42. The van der Waals surface area contributed by atoms with Gasteiger partial charge in [-0.05, 0) is 51.7 Å². The van der Waals surface area contributed by atoms with Crippen LogP contribution in [0, 0.1) is 5.92 Å². The van der Waals surface area contributed by atoms with Crippen LogP contribution in [0.2, 0.25) is 5.15 Å². The molecule has 22 heavy (non-hydrogen) atoms. The van der Waals surface area contributed by atoms with Crippen molar-refractivity contribution in [3.05, 3.63) is 23.5 Å². The predicted molar refractivity (Wildman–Crippen MR) is 88.3 cm³/mol. The highest BCUT2D eigenvalue weighted by Crippen LogP contribution is 2.20. The number of carbonyl (C=O) groups is 1. The first kappa shape index (κ1) is 16.9. The Hall–Kier alpha value is -1.49. The number of pyridine rings is 1. The maximum absolute atomic E-state index is 12.0. The minimum atomic E-state index is -0.433. The first-order valence-electron chi connectivity index (χ1n) is 7.67. The van der Waals surface area contributed by atoms with Gasteiger partial charge in [-0.2, -0.15) is 0 Å². The van der Waals surface area contributed by atoms with Crippen molar-refractivity contribution < 1.29 is 9.53 Å². The third-order valence-corrected chi connectivity index (χ3v) is 3.81. The van der Waals surface area contributed by atoms with Gasteiger partial charge in [0.05, 0.1) is 11.9 Å². The van der Waals surface area contributed by atoms with Crippen molar-refractivity contribution in [2.45, 2.75) is 39.2 Å². The molecule has 5 nitrogen and oxygen atoms in total. The fourth-order valence-corrected chi connectivity index (χ4v) is 2.50. The van der Waals surface area contributed by atoms with Gasteiger partial charge < -0.3 is 15.0 Å². The molecule has 1 N–H and O–H groups in total. The van der Waals surface area contributed by atoms with Crippen molar-refractivity contribution in [3.63, 3.8) is 0 Å².